The summed E-state index contributed by atoms with van der Waals surface area (Å²) in [5, 5.41) is 0.621. The first-order chi connectivity index (χ1) is 9.60. The molecule has 2 saturated heterocycles. The van der Waals surface area contributed by atoms with E-state index in [1.54, 1.807) is 11.0 Å². The van der Waals surface area contributed by atoms with E-state index in [1.807, 2.05) is 19.1 Å². The van der Waals surface area contributed by atoms with E-state index in [9.17, 15) is 4.79 Å². The number of rotatable bonds is 1. The molecule has 20 heavy (non-hydrogen) atoms. The maximum absolute atomic E-state index is 12.6. The van der Waals surface area contributed by atoms with Crippen LogP contribution in [0.4, 0.5) is 0 Å². The normalized spacial score (nSPS) is 21.4. The number of likely N-dealkylation sites (tertiary alicyclic amines) is 1. The van der Waals surface area contributed by atoms with Crippen molar-refractivity contribution in [1.29, 1.82) is 0 Å². The van der Waals surface area contributed by atoms with Crippen molar-refractivity contribution in [2.75, 3.05) is 26.3 Å². The number of ether oxygens (including phenoxy) is 2. The molecule has 4 nitrogen and oxygen atoms in total. The van der Waals surface area contributed by atoms with E-state index in [1.165, 1.54) is 0 Å². The predicted molar refractivity (Wildman–Crippen MR) is 76.0 cm³/mol. The maximum Gasteiger partial charge on any atom is 0.254 e. The maximum atomic E-state index is 12.6. The molecule has 0 bridgehead atoms. The first-order valence-electron chi connectivity index (χ1n) is 6.93. The molecule has 1 aromatic rings. The smallest absolute Gasteiger partial charge is 0.254 e. The lowest BCUT2D eigenvalue weighted by atomic mass is 10.0. The standard InChI is InChI=1S/C15H18ClNO3/c1-11-3-4-12(9-13(11)16)14(18)17-6-2-5-15(10-17)19-7-8-20-15/h3-4,9H,2,5-8,10H2,1H3. The Kier molecular flexibility index (Phi) is 3.71. The van der Waals surface area contributed by atoms with Crippen molar-refractivity contribution in [1.82, 2.24) is 4.90 Å². The number of carbonyl (C=O) groups excluding carboxylic acids is 1. The van der Waals surface area contributed by atoms with Crippen molar-refractivity contribution in [3.05, 3.63) is 34.3 Å². The second kappa shape index (κ2) is 5.35. The Hall–Kier alpha value is -1.10. The molecule has 0 N–H and O–H groups in total. The Morgan fingerprint density at radius 1 is 1.35 bits per heavy atom. The third-order valence-corrected chi connectivity index (χ3v) is 4.34. The number of piperidine rings is 1. The minimum Gasteiger partial charge on any atom is -0.346 e. The summed E-state index contributed by atoms with van der Waals surface area (Å²) in [5.41, 5.74) is 1.59. The van der Waals surface area contributed by atoms with Crippen LogP contribution in [0, 0.1) is 6.92 Å². The molecule has 0 aromatic heterocycles. The van der Waals surface area contributed by atoms with Crippen molar-refractivity contribution >= 4 is 17.5 Å². The van der Waals surface area contributed by atoms with Gasteiger partial charge in [0.25, 0.3) is 5.91 Å². The summed E-state index contributed by atoms with van der Waals surface area (Å²) >= 11 is 6.10. The van der Waals surface area contributed by atoms with Gasteiger partial charge in [-0.1, -0.05) is 17.7 Å². The highest BCUT2D eigenvalue weighted by Crippen LogP contribution is 2.31. The molecule has 2 heterocycles. The van der Waals surface area contributed by atoms with Gasteiger partial charge >= 0.3 is 0 Å². The molecular formula is C15H18ClNO3. The number of benzene rings is 1. The van der Waals surface area contributed by atoms with E-state index in [2.05, 4.69) is 0 Å². The summed E-state index contributed by atoms with van der Waals surface area (Å²) < 4.78 is 11.4. The third-order valence-electron chi connectivity index (χ3n) is 3.94. The fourth-order valence-electron chi connectivity index (χ4n) is 2.80. The van der Waals surface area contributed by atoms with Gasteiger partial charge in [-0.25, -0.2) is 0 Å². The summed E-state index contributed by atoms with van der Waals surface area (Å²) in [4.78, 5) is 14.4. The summed E-state index contributed by atoms with van der Waals surface area (Å²) in [6.45, 7) is 4.37. The highest BCUT2D eigenvalue weighted by Gasteiger charge is 2.42. The molecule has 0 unspecified atom stereocenters. The van der Waals surface area contributed by atoms with Crippen molar-refractivity contribution in [3.63, 3.8) is 0 Å². The van der Waals surface area contributed by atoms with E-state index in [-0.39, 0.29) is 5.91 Å². The number of amides is 1. The Morgan fingerprint density at radius 2 is 2.10 bits per heavy atom. The number of hydrogen-bond acceptors (Lipinski definition) is 3. The van der Waals surface area contributed by atoms with E-state index in [0.29, 0.717) is 30.3 Å². The Labute approximate surface area is 123 Å². The largest absolute Gasteiger partial charge is 0.346 e. The molecule has 2 aliphatic heterocycles. The lowest BCUT2D eigenvalue weighted by Crippen LogP contribution is -2.51. The van der Waals surface area contributed by atoms with Crippen molar-refractivity contribution in [3.8, 4) is 0 Å². The van der Waals surface area contributed by atoms with E-state index in [0.717, 1.165) is 24.9 Å². The molecule has 1 amide bonds. The average Bonchev–Trinajstić information content (AvgIpc) is 2.89. The van der Waals surface area contributed by atoms with Gasteiger partial charge in [-0.05, 0) is 31.0 Å². The second-order valence-electron chi connectivity index (χ2n) is 5.40. The molecule has 3 rings (SSSR count). The van der Waals surface area contributed by atoms with E-state index >= 15 is 0 Å². The zero-order chi connectivity index (χ0) is 14.2. The van der Waals surface area contributed by atoms with Gasteiger partial charge in [-0.2, -0.15) is 0 Å². The van der Waals surface area contributed by atoms with Crippen LogP contribution in [-0.4, -0.2) is 42.9 Å². The lowest BCUT2D eigenvalue weighted by molar-refractivity contribution is -0.183. The summed E-state index contributed by atoms with van der Waals surface area (Å²) in [7, 11) is 0. The van der Waals surface area contributed by atoms with Gasteiger partial charge in [0.2, 0.25) is 0 Å². The molecule has 0 atom stereocenters. The fourth-order valence-corrected chi connectivity index (χ4v) is 2.98. The van der Waals surface area contributed by atoms with Crippen molar-refractivity contribution < 1.29 is 14.3 Å². The van der Waals surface area contributed by atoms with Gasteiger partial charge in [0.15, 0.2) is 5.79 Å². The molecular weight excluding hydrogens is 278 g/mol. The zero-order valence-corrected chi connectivity index (χ0v) is 12.3. The van der Waals surface area contributed by atoms with Gasteiger partial charge in [-0.3, -0.25) is 4.79 Å². The van der Waals surface area contributed by atoms with Crippen LogP contribution in [0.25, 0.3) is 0 Å². The van der Waals surface area contributed by atoms with Crippen LogP contribution >= 0.6 is 11.6 Å². The monoisotopic (exact) mass is 295 g/mol. The van der Waals surface area contributed by atoms with Crippen LogP contribution in [0.15, 0.2) is 18.2 Å². The van der Waals surface area contributed by atoms with Gasteiger partial charge in [0, 0.05) is 23.6 Å². The average molecular weight is 296 g/mol. The Morgan fingerprint density at radius 3 is 2.80 bits per heavy atom. The molecule has 1 spiro atoms. The molecule has 1 aromatic carbocycles. The molecule has 2 fully saturated rings. The van der Waals surface area contributed by atoms with Crippen LogP contribution in [0.2, 0.25) is 5.02 Å². The van der Waals surface area contributed by atoms with Gasteiger partial charge in [-0.15, -0.1) is 0 Å². The number of halogens is 1. The highest BCUT2D eigenvalue weighted by molar-refractivity contribution is 6.31. The minimum absolute atomic E-state index is 0.00919. The molecule has 108 valence electrons. The Balaban J connectivity index is 1.77. The van der Waals surface area contributed by atoms with Crippen molar-refractivity contribution in [2.45, 2.75) is 25.6 Å². The summed E-state index contributed by atoms with van der Waals surface area (Å²) in [5.74, 6) is -0.590. The molecule has 0 radical (unpaired) electrons. The van der Waals surface area contributed by atoms with Gasteiger partial charge in [0.1, 0.15) is 0 Å². The minimum atomic E-state index is -0.581. The zero-order valence-electron chi connectivity index (χ0n) is 11.5. The number of hydrogen-bond donors (Lipinski definition) is 0. The van der Waals surface area contributed by atoms with Crippen LogP contribution in [0.1, 0.15) is 28.8 Å². The third kappa shape index (κ3) is 2.55. The summed E-state index contributed by atoms with van der Waals surface area (Å²) in [6, 6.07) is 5.43. The molecule has 0 saturated carbocycles. The lowest BCUT2D eigenvalue weighted by Gasteiger charge is -2.38. The van der Waals surface area contributed by atoms with Crippen LogP contribution in [-0.2, 0) is 9.47 Å². The van der Waals surface area contributed by atoms with Crippen LogP contribution in [0.3, 0.4) is 0 Å². The number of carbonyl (C=O) groups is 1. The number of nitrogens with zero attached hydrogens (tertiary/aromatic N) is 1. The number of aryl methyl sites for hydroxylation is 1. The van der Waals surface area contributed by atoms with E-state index in [4.69, 9.17) is 21.1 Å². The quantitative estimate of drug-likeness (QED) is 0.799. The van der Waals surface area contributed by atoms with Gasteiger partial charge in [0.05, 0.1) is 19.8 Å². The predicted octanol–water partition coefficient (Wildman–Crippen LogP) is 2.63. The Bertz CT molecular complexity index is 526. The van der Waals surface area contributed by atoms with Crippen LogP contribution < -0.4 is 0 Å². The summed E-state index contributed by atoms with van der Waals surface area (Å²) in [6.07, 6.45) is 1.75. The van der Waals surface area contributed by atoms with Crippen LogP contribution in [0.5, 0.6) is 0 Å². The molecule has 5 heteroatoms. The van der Waals surface area contributed by atoms with Crippen molar-refractivity contribution in [2.24, 2.45) is 0 Å². The topological polar surface area (TPSA) is 38.8 Å². The molecule has 2 aliphatic rings. The second-order valence-corrected chi connectivity index (χ2v) is 5.81. The molecule has 0 aliphatic carbocycles. The highest BCUT2D eigenvalue weighted by atomic mass is 35.5. The van der Waals surface area contributed by atoms with Gasteiger partial charge < -0.3 is 14.4 Å². The first-order valence-corrected chi connectivity index (χ1v) is 7.31. The fraction of sp³-hybridized carbons (Fsp3) is 0.533. The first kappa shape index (κ1) is 13.9. The van der Waals surface area contributed by atoms with E-state index < -0.39 is 5.79 Å². The SMILES string of the molecule is Cc1ccc(C(=O)N2CCCC3(C2)OCCO3)cc1Cl.